The first-order chi connectivity index (χ1) is 12.6. The molecule has 4 rings (SSSR count). The Bertz CT molecular complexity index is 799. The number of hydrogen-bond donors (Lipinski definition) is 0. The van der Waals surface area contributed by atoms with Crippen LogP contribution in [0.3, 0.4) is 0 Å². The van der Waals surface area contributed by atoms with Gasteiger partial charge < -0.3 is 4.90 Å². The number of hydrogen-bond acceptors (Lipinski definition) is 4. The quantitative estimate of drug-likeness (QED) is 0.847. The zero-order valence-electron chi connectivity index (χ0n) is 14.9. The van der Waals surface area contributed by atoms with E-state index in [2.05, 4.69) is 14.8 Å². The highest BCUT2D eigenvalue weighted by atomic mass is 19.1. The Morgan fingerprint density at radius 1 is 1.19 bits per heavy atom. The Morgan fingerprint density at radius 3 is 2.85 bits per heavy atom. The number of pyridine rings is 1. The predicted octanol–water partition coefficient (Wildman–Crippen LogP) is 2.14. The third kappa shape index (κ3) is 3.22. The summed E-state index contributed by atoms with van der Waals surface area (Å²) in [5, 5.41) is 0. The van der Waals surface area contributed by atoms with Gasteiger partial charge in [0.05, 0.1) is 17.8 Å². The van der Waals surface area contributed by atoms with E-state index in [9.17, 15) is 9.18 Å². The number of likely N-dealkylation sites (tertiary alicyclic amines) is 1. The van der Waals surface area contributed by atoms with Crippen molar-refractivity contribution in [2.24, 2.45) is 0 Å². The molecule has 6 heteroatoms. The number of anilines is 1. The van der Waals surface area contributed by atoms with Crippen molar-refractivity contribution < 1.29 is 9.18 Å². The van der Waals surface area contributed by atoms with Gasteiger partial charge in [-0.3, -0.25) is 19.6 Å². The Labute approximate surface area is 153 Å². The summed E-state index contributed by atoms with van der Waals surface area (Å²) >= 11 is 0. The van der Waals surface area contributed by atoms with Crippen molar-refractivity contribution >= 4 is 11.6 Å². The second kappa shape index (κ2) is 6.78. The van der Waals surface area contributed by atoms with Crippen LogP contribution >= 0.6 is 0 Å². The molecule has 2 aliphatic heterocycles. The molecule has 5 nitrogen and oxygen atoms in total. The molecule has 0 radical (unpaired) electrons. The summed E-state index contributed by atoms with van der Waals surface area (Å²) in [6.07, 6.45) is 2.80. The average molecular weight is 354 g/mol. The third-order valence-electron chi connectivity index (χ3n) is 5.58. The first-order valence-electron chi connectivity index (χ1n) is 8.95. The molecule has 2 fully saturated rings. The topological polar surface area (TPSA) is 39.7 Å². The van der Waals surface area contributed by atoms with E-state index in [0.29, 0.717) is 18.8 Å². The van der Waals surface area contributed by atoms with Crippen molar-refractivity contribution in [1.29, 1.82) is 0 Å². The summed E-state index contributed by atoms with van der Waals surface area (Å²) in [6, 6.07) is 12.3. The van der Waals surface area contributed by atoms with Gasteiger partial charge in [-0.2, -0.15) is 0 Å². The number of amides is 1. The molecule has 2 aliphatic rings. The highest BCUT2D eigenvalue weighted by Crippen LogP contribution is 2.34. The molecule has 1 aromatic heterocycles. The molecule has 3 heterocycles. The monoisotopic (exact) mass is 354 g/mol. The zero-order chi connectivity index (χ0) is 18.1. The van der Waals surface area contributed by atoms with E-state index < -0.39 is 0 Å². The van der Waals surface area contributed by atoms with E-state index in [1.54, 1.807) is 17.0 Å². The SMILES string of the molecule is CN1CC(=O)N(c2cccc(F)c2)C[C@]12CCN(Cc1ccccn1)C2. The molecule has 0 saturated carbocycles. The number of benzene rings is 1. The van der Waals surface area contributed by atoms with Crippen LogP contribution < -0.4 is 4.90 Å². The number of carbonyl (C=O) groups is 1. The van der Waals surface area contributed by atoms with Gasteiger partial charge in [0.2, 0.25) is 5.91 Å². The van der Waals surface area contributed by atoms with Gasteiger partial charge in [-0.15, -0.1) is 0 Å². The second-order valence-electron chi connectivity index (χ2n) is 7.32. The number of rotatable bonds is 3. The lowest BCUT2D eigenvalue weighted by Crippen LogP contribution is -2.64. The Hall–Kier alpha value is -2.31. The fourth-order valence-electron chi connectivity index (χ4n) is 4.08. The molecule has 1 amide bonds. The molecule has 2 saturated heterocycles. The van der Waals surface area contributed by atoms with Gasteiger partial charge in [0.15, 0.2) is 0 Å². The molecule has 2 aromatic rings. The largest absolute Gasteiger partial charge is 0.309 e. The van der Waals surface area contributed by atoms with Gasteiger partial charge in [0.1, 0.15) is 5.82 Å². The van der Waals surface area contributed by atoms with Crippen LogP contribution in [0.1, 0.15) is 12.1 Å². The first kappa shape index (κ1) is 17.1. The van der Waals surface area contributed by atoms with Crippen LogP contribution in [0, 0.1) is 5.82 Å². The van der Waals surface area contributed by atoms with Crippen LogP contribution in [-0.2, 0) is 11.3 Å². The van der Waals surface area contributed by atoms with E-state index in [4.69, 9.17) is 0 Å². The van der Waals surface area contributed by atoms with Crippen LogP contribution in [0.2, 0.25) is 0 Å². The van der Waals surface area contributed by atoms with Gasteiger partial charge in [-0.1, -0.05) is 12.1 Å². The lowest BCUT2D eigenvalue weighted by Gasteiger charge is -2.47. The van der Waals surface area contributed by atoms with Crippen LogP contribution in [-0.4, -0.2) is 59.5 Å². The van der Waals surface area contributed by atoms with Gasteiger partial charge >= 0.3 is 0 Å². The number of nitrogens with zero attached hydrogens (tertiary/aromatic N) is 4. The molecule has 136 valence electrons. The summed E-state index contributed by atoms with van der Waals surface area (Å²) in [6.45, 7) is 3.59. The maximum absolute atomic E-state index is 13.6. The molecule has 1 spiro atoms. The minimum atomic E-state index is -0.313. The van der Waals surface area contributed by atoms with Crippen LogP contribution in [0.5, 0.6) is 0 Å². The lowest BCUT2D eigenvalue weighted by atomic mass is 9.92. The van der Waals surface area contributed by atoms with E-state index in [-0.39, 0.29) is 17.3 Å². The van der Waals surface area contributed by atoms with Crippen molar-refractivity contribution in [3.8, 4) is 0 Å². The molecule has 1 atom stereocenters. The Balaban J connectivity index is 1.53. The van der Waals surface area contributed by atoms with Crippen molar-refractivity contribution in [1.82, 2.24) is 14.8 Å². The molecule has 0 unspecified atom stereocenters. The smallest absolute Gasteiger partial charge is 0.241 e. The zero-order valence-corrected chi connectivity index (χ0v) is 14.9. The van der Waals surface area contributed by atoms with Crippen LogP contribution in [0.25, 0.3) is 0 Å². The minimum Gasteiger partial charge on any atom is -0.309 e. The molecule has 0 aliphatic carbocycles. The molecule has 0 bridgehead atoms. The fraction of sp³-hybridized carbons (Fsp3) is 0.400. The van der Waals surface area contributed by atoms with E-state index in [0.717, 1.165) is 31.7 Å². The lowest BCUT2D eigenvalue weighted by molar-refractivity contribution is -0.123. The number of likely N-dealkylation sites (N-methyl/N-ethyl adjacent to an activating group) is 1. The standard InChI is InChI=1S/C20H23FN4O/c1-23-13-19(26)25(18-7-4-5-16(21)11-18)15-20(23)8-10-24(14-20)12-17-6-2-3-9-22-17/h2-7,9,11H,8,10,12-15H2,1H3/t20-/m1/s1. The summed E-state index contributed by atoms with van der Waals surface area (Å²) < 4.78 is 13.6. The predicted molar refractivity (Wildman–Crippen MR) is 98.2 cm³/mol. The summed E-state index contributed by atoms with van der Waals surface area (Å²) in [4.78, 5) is 23.3. The van der Waals surface area contributed by atoms with Crippen molar-refractivity contribution in [3.05, 3.63) is 60.2 Å². The molecular weight excluding hydrogens is 331 g/mol. The maximum atomic E-state index is 13.6. The summed E-state index contributed by atoms with van der Waals surface area (Å²) in [7, 11) is 2.02. The highest BCUT2D eigenvalue weighted by molar-refractivity contribution is 5.96. The first-order valence-corrected chi connectivity index (χ1v) is 8.95. The number of carbonyl (C=O) groups excluding carboxylic acids is 1. The summed E-state index contributed by atoms with van der Waals surface area (Å²) in [5.41, 5.74) is 1.60. The summed E-state index contributed by atoms with van der Waals surface area (Å²) in [5.74, 6) is -0.293. The van der Waals surface area contributed by atoms with Crippen molar-refractivity contribution in [3.63, 3.8) is 0 Å². The van der Waals surface area contributed by atoms with Crippen molar-refractivity contribution in [2.75, 3.05) is 38.1 Å². The Morgan fingerprint density at radius 2 is 2.08 bits per heavy atom. The fourth-order valence-corrected chi connectivity index (χ4v) is 4.08. The third-order valence-corrected chi connectivity index (χ3v) is 5.58. The van der Waals surface area contributed by atoms with E-state index in [1.165, 1.54) is 12.1 Å². The van der Waals surface area contributed by atoms with Crippen LogP contribution in [0.4, 0.5) is 10.1 Å². The van der Waals surface area contributed by atoms with Gasteiger partial charge in [0.25, 0.3) is 0 Å². The average Bonchev–Trinajstić information content (AvgIpc) is 3.03. The molecular formula is C20H23FN4O. The molecule has 26 heavy (non-hydrogen) atoms. The van der Waals surface area contributed by atoms with Crippen LogP contribution in [0.15, 0.2) is 48.7 Å². The van der Waals surface area contributed by atoms with Crippen molar-refractivity contribution in [2.45, 2.75) is 18.5 Å². The maximum Gasteiger partial charge on any atom is 0.241 e. The Kier molecular flexibility index (Phi) is 4.46. The van der Waals surface area contributed by atoms with E-state index in [1.807, 2.05) is 31.4 Å². The number of piperazine rings is 1. The van der Waals surface area contributed by atoms with Gasteiger partial charge in [-0.25, -0.2) is 4.39 Å². The number of halogens is 1. The second-order valence-corrected chi connectivity index (χ2v) is 7.32. The number of aromatic nitrogens is 1. The van der Waals surface area contributed by atoms with Gasteiger partial charge in [-0.05, 0) is 43.8 Å². The molecule has 1 aromatic carbocycles. The van der Waals surface area contributed by atoms with Gasteiger partial charge in [0, 0.05) is 38.1 Å². The highest BCUT2D eigenvalue weighted by Gasteiger charge is 2.47. The molecule has 0 N–H and O–H groups in total. The minimum absolute atomic E-state index is 0.0203. The normalized spacial score (nSPS) is 24.5. The van der Waals surface area contributed by atoms with E-state index >= 15 is 0 Å².